The largest absolute Gasteiger partial charge is 0.497 e. The Bertz CT molecular complexity index is 769. The maximum Gasteiger partial charge on any atom is 0.180 e. The van der Waals surface area contributed by atoms with Crippen LogP contribution in [-0.2, 0) is 0 Å². The van der Waals surface area contributed by atoms with Crippen LogP contribution in [0.15, 0.2) is 34.8 Å². The molecule has 6 heteroatoms. The number of imidazole rings is 1. The summed E-state index contributed by atoms with van der Waals surface area (Å²) in [4.78, 5) is 12.2. The van der Waals surface area contributed by atoms with Gasteiger partial charge in [0.05, 0.1) is 12.6 Å². The Labute approximate surface area is 124 Å². The highest BCUT2D eigenvalue weighted by Gasteiger charge is 2.11. The smallest absolute Gasteiger partial charge is 0.180 e. The van der Waals surface area contributed by atoms with Crippen LogP contribution in [0.2, 0.25) is 0 Å². The number of aromatic nitrogens is 3. The fraction of sp³-hybridized carbons (Fsp3) is 0.143. The van der Waals surface area contributed by atoms with Crippen molar-refractivity contribution in [2.45, 2.75) is 0 Å². The molecule has 20 heavy (non-hydrogen) atoms. The van der Waals surface area contributed by atoms with Gasteiger partial charge in [0, 0.05) is 17.1 Å². The number of rotatable bonds is 3. The average Bonchev–Trinajstić information content (AvgIpc) is 2.90. The molecule has 0 aliphatic carbocycles. The second kappa shape index (κ2) is 5.13. The minimum atomic E-state index is 0.682. The molecule has 2 heterocycles. The molecule has 2 aromatic heterocycles. The van der Waals surface area contributed by atoms with E-state index in [2.05, 4.69) is 36.2 Å². The summed E-state index contributed by atoms with van der Waals surface area (Å²) in [6.07, 6.45) is 0. The predicted molar refractivity (Wildman–Crippen MR) is 83.1 cm³/mol. The summed E-state index contributed by atoms with van der Waals surface area (Å²) < 4.78 is 6.20. The van der Waals surface area contributed by atoms with Crippen LogP contribution in [0.1, 0.15) is 0 Å². The summed E-state index contributed by atoms with van der Waals surface area (Å²) in [5, 5.41) is 3.00. The van der Waals surface area contributed by atoms with E-state index >= 15 is 0 Å². The first-order valence-electron chi connectivity index (χ1n) is 6.09. The summed E-state index contributed by atoms with van der Waals surface area (Å²) in [5.41, 5.74) is 2.52. The molecule has 0 saturated carbocycles. The van der Waals surface area contributed by atoms with Gasteiger partial charge in [-0.25, -0.2) is 9.97 Å². The van der Waals surface area contributed by atoms with Gasteiger partial charge in [0.2, 0.25) is 0 Å². The fourth-order valence-corrected chi connectivity index (χ4v) is 2.41. The quantitative estimate of drug-likeness (QED) is 0.771. The van der Waals surface area contributed by atoms with E-state index in [0.29, 0.717) is 5.65 Å². The molecule has 2 N–H and O–H groups in total. The number of hydrogen-bond acceptors (Lipinski definition) is 4. The summed E-state index contributed by atoms with van der Waals surface area (Å²) in [7, 11) is 3.48. The number of H-pyrrole nitrogens is 1. The number of halogens is 1. The Morgan fingerprint density at radius 1 is 1.20 bits per heavy atom. The Kier molecular flexibility index (Phi) is 3.31. The van der Waals surface area contributed by atoms with E-state index < -0.39 is 0 Å². The number of hydrogen-bond donors (Lipinski definition) is 2. The molecule has 0 fully saturated rings. The molecule has 102 valence electrons. The number of aromatic amines is 1. The summed E-state index contributed by atoms with van der Waals surface area (Å²) in [5.74, 6) is 2.33. The van der Waals surface area contributed by atoms with E-state index in [1.165, 1.54) is 0 Å². The number of fused-ring (bicyclic) bond motifs is 1. The van der Waals surface area contributed by atoms with Gasteiger partial charge in [0.25, 0.3) is 0 Å². The molecule has 0 unspecified atom stereocenters. The highest BCUT2D eigenvalue weighted by Crippen LogP contribution is 2.31. The molecule has 0 bridgehead atoms. The maximum absolute atomic E-state index is 5.25. The Morgan fingerprint density at radius 3 is 2.80 bits per heavy atom. The zero-order chi connectivity index (χ0) is 14.1. The van der Waals surface area contributed by atoms with Crippen molar-refractivity contribution in [1.29, 1.82) is 0 Å². The number of pyridine rings is 1. The lowest BCUT2D eigenvalue weighted by molar-refractivity contribution is 0.415. The first-order chi connectivity index (χ1) is 9.71. The van der Waals surface area contributed by atoms with E-state index in [1.807, 2.05) is 37.4 Å². The van der Waals surface area contributed by atoms with E-state index in [4.69, 9.17) is 4.74 Å². The predicted octanol–water partition coefficient (Wildman–Crippen LogP) is 3.44. The summed E-state index contributed by atoms with van der Waals surface area (Å²) in [6, 6.07) is 9.63. The second-order valence-corrected chi connectivity index (χ2v) is 5.10. The molecular formula is C14H13BrN4O. The van der Waals surface area contributed by atoms with Crippen LogP contribution in [0.3, 0.4) is 0 Å². The average molecular weight is 333 g/mol. The van der Waals surface area contributed by atoms with Crippen LogP contribution in [-0.4, -0.2) is 29.1 Å². The van der Waals surface area contributed by atoms with Gasteiger partial charge >= 0.3 is 0 Å². The number of methoxy groups -OCH3 is 1. The van der Waals surface area contributed by atoms with Crippen LogP contribution in [0.25, 0.3) is 22.6 Å². The Balaban J connectivity index is 2.14. The van der Waals surface area contributed by atoms with E-state index in [0.717, 1.165) is 32.9 Å². The summed E-state index contributed by atoms with van der Waals surface area (Å²) >= 11 is 3.53. The third-order valence-corrected chi connectivity index (χ3v) is 3.72. The van der Waals surface area contributed by atoms with Gasteiger partial charge in [0.1, 0.15) is 17.4 Å². The van der Waals surface area contributed by atoms with Crippen LogP contribution in [0.5, 0.6) is 5.75 Å². The van der Waals surface area contributed by atoms with Crippen molar-refractivity contribution in [1.82, 2.24) is 15.0 Å². The number of nitrogens with zero attached hydrogens (tertiary/aromatic N) is 2. The van der Waals surface area contributed by atoms with Crippen LogP contribution in [0, 0.1) is 0 Å². The molecule has 0 aliphatic heterocycles. The molecule has 0 radical (unpaired) electrons. The van der Waals surface area contributed by atoms with Gasteiger partial charge in [-0.15, -0.1) is 0 Å². The topological polar surface area (TPSA) is 62.8 Å². The van der Waals surface area contributed by atoms with Gasteiger partial charge in [0.15, 0.2) is 5.65 Å². The maximum atomic E-state index is 5.25. The number of benzene rings is 1. The van der Waals surface area contributed by atoms with Crippen molar-refractivity contribution in [3.63, 3.8) is 0 Å². The number of ether oxygens (including phenoxy) is 1. The standard InChI is InChI=1S/C14H13BrN4O/c1-16-12-6-5-11-14(18-12)19-13(17-11)9-7-8(20-2)3-4-10(9)15/h3-7H,1-2H3,(H2,16,17,18,19). The van der Waals surface area contributed by atoms with Crippen molar-refractivity contribution >= 4 is 32.9 Å². The lowest BCUT2D eigenvalue weighted by atomic mass is 10.2. The molecule has 0 spiro atoms. The first-order valence-corrected chi connectivity index (χ1v) is 6.89. The molecule has 0 atom stereocenters. The van der Waals surface area contributed by atoms with E-state index in [9.17, 15) is 0 Å². The third kappa shape index (κ3) is 2.22. The van der Waals surface area contributed by atoms with Crippen molar-refractivity contribution in [2.24, 2.45) is 0 Å². The van der Waals surface area contributed by atoms with Gasteiger partial charge in [-0.2, -0.15) is 0 Å². The summed E-state index contributed by atoms with van der Waals surface area (Å²) in [6.45, 7) is 0. The molecule has 0 aliphatic rings. The van der Waals surface area contributed by atoms with Crippen molar-refractivity contribution in [2.75, 3.05) is 19.5 Å². The Morgan fingerprint density at radius 2 is 2.05 bits per heavy atom. The highest BCUT2D eigenvalue weighted by molar-refractivity contribution is 9.10. The minimum Gasteiger partial charge on any atom is -0.497 e. The van der Waals surface area contributed by atoms with Crippen molar-refractivity contribution < 1.29 is 4.74 Å². The normalized spacial score (nSPS) is 10.8. The zero-order valence-electron chi connectivity index (χ0n) is 11.1. The zero-order valence-corrected chi connectivity index (χ0v) is 12.7. The minimum absolute atomic E-state index is 0.682. The Hall–Kier alpha value is -2.08. The molecule has 3 rings (SSSR count). The first kappa shape index (κ1) is 12.9. The molecular weight excluding hydrogens is 320 g/mol. The number of anilines is 1. The van der Waals surface area contributed by atoms with Gasteiger partial charge in [-0.3, -0.25) is 0 Å². The van der Waals surface area contributed by atoms with Gasteiger partial charge in [-0.05, 0) is 30.3 Å². The van der Waals surface area contributed by atoms with Gasteiger partial charge in [-0.1, -0.05) is 15.9 Å². The molecule has 0 saturated heterocycles. The third-order valence-electron chi connectivity index (χ3n) is 3.03. The molecule has 3 aromatic rings. The molecule has 5 nitrogen and oxygen atoms in total. The fourth-order valence-electron chi connectivity index (χ4n) is 1.97. The monoisotopic (exact) mass is 332 g/mol. The molecule has 1 aromatic carbocycles. The molecule has 0 amide bonds. The van der Waals surface area contributed by atoms with Crippen molar-refractivity contribution in [3.8, 4) is 17.1 Å². The van der Waals surface area contributed by atoms with E-state index in [1.54, 1.807) is 7.11 Å². The van der Waals surface area contributed by atoms with Crippen LogP contribution >= 0.6 is 15.9 Å². The highest BCUT2D eigenvalue weighted by atomic mass is 79.9. The van der Waals surface area contributed by atoms with Gasteiger partial charge < -0.3 is 15.0 Å². The second-order valence-electron chi connectivity index (χ2n) is 4.25. The van der Waals surface area contributed by atoms with E-state index in [-0.39, 0.29) is 0 Å². The SMILES string of the molecule is CNc1ccc2[nH]c(-c3cc(OC)ccc3Br)nc2n1. The number of nitrogens with one attached hydrogen (secondary N) is 2. The van der Waals surface area contributed by atoms with Crippen LogP contribution in [0.4, 0.5) is 5.82 Å². The lowest BCUT2D eigenvalue weighted by Gasteiger charge is -2.04. The van der Waals surface area contributed by atoms with Crippen LogP contribution < -0.4 is 10.1 Å². The lowest BCUT2D eigenvalue weighted by Crippen LogP contribution is -1.91. The van der Waals surface area contributed by atoms with Crippen molar-refractivity contribution in [3.05, 3.63) is 34.8 Å².